The Hall–Kier alpha value is -0.760. The molecule has 1 heterocycles. The van der Waals surface area contributed by atoms with Crippen molar-refractivity contribution in [2.24, 2.45) is 0 Å². The number of hydrogen-bond donors (Lipinski definition) is 1. The number of nitrogens with zero attached hydrogens (tertiary/aromatic N) is 1. The van der Waals surface area contributed by atoms with Crippen molar-refractivity contribution in [2.45, 2.75) is 31.7 Å². The number of hydrogen-bond acceptors (Lipinski definition) is 2. The largest absolute Gasteiger partial charge is 0.367 e. The van der Waals surface area contributed by atoms with E-state index in [-0.39, 0.29) is 0 Å². The van der Waals surface area contributed by atoms with Gasteiger partial charge < -0.3 is 5.32 Å². The van der Waals surface area contributed by atoms with Gasteiger partial charge in [-0.05, 0) is 31.4 Å². The molecule has 0 amide bonds. The Balaban J connectivity index is 2.13. The van der Waals surface area contributed by atoms with Crippen molar-refractivity contribution in [3.05, 3.63) is 23.4 Å². The van der Waals surface area contributed by atoms with Gasteiger partial charge in [-0.1, -0.05) is 6.07 Å². The second-order valence-electron chi connectivity index (χ2n) is 3.49. The maximum atomic E-state index is 5.74. The van der Waals surface area contributed by atoms with E-state index in [9.17, 15) is 0 Å². The normalized spacial score (nSPS) is 15.8. The van der Waals surface area contributed by atoms with Crippen LogP contribution in [0.1, 0.15) is 24.1 Å². The maximum Gasteiger partial charge on any atom is 0.126 e. The number of alkyl halides is 1. The molecule has 1 aliphatic carbocycles. The molecule has 1 aliphatic rings. The number of halogens is 1. The molecule has 0 aromatic carbocycles. The Morgan fingerprint density at radius 3 is 2.85 bits per heavy atom. The van der Waals surface area contributed by atoms with Crippen LogP contribution in [0, 0.1) is 6.92 Å². The van der Waals surface area contributed by atoms with Gasteiger partial charge in [0.1, 0.15) is 5.82 Å². The van der Waals surface area contributed by atoms with E-state index in [0.29, 0.717) is 11.9 Å². The van der Waals surface area contributed by atoms with Gasteiger partial charge in [-0.15, -0.1) is 11.6 Å². The number of anilines is 1. The summed E-state index contributed by atoms with van der Waals surface area (Å²) in [7, 11) is 0. The van der Waals surface area contributed by atoms with Gasteiger partial charge in [0.15, 0.2) is 0 Å². The fourth-order valence-electron chi connectivity index (χ4n) is 1.25. The molecule has 0 bridgehead atoms. The van der Waals surface area contributed by atoms with Crippen molar-refractivity contribution < 1.29 is 0 Å². The number of aromatic nitrogens is 1. The van der Waals surface area contributed by atoms with E-state index in [4.69, 9.17) is 11.6 Å². The molecule has 0 radical (unpaired) electrons. The Morgan fingerprint density at radius 1 is 1.54 bits per heavy atom. The third kappa shape index (κ3) is 2.13. The molecule has 3 heteroatoms. The maximum absolute atomic E-state index is 5.74. The van der Waals surface area contributed by atoms with Gasteiger partial charge >= 0.3 is 0 Å². The SMILES string of the molecule is Cc1nc(NC2CC2)ccc1CCl. The second kappa shape index (κ2) is 3.54. The zero-order chi connectivity index (χ0) is 9.26. The van der Waals surface area contributed by atoms with Crippen molar-refractivity contribution in [1.29, 1.82) is 0 Å². The summed E-state index contributed by atoms with van der Waals surface area (Å²) in [5.41, 5.74) is 2.14. The number of rotatable bonds is 3. The minimum absolute atomic E-state index is 0.544. The highest BCUT2D eigenvalue weighted by atomic mass is 35.5. The molecule has 1 N–H and O–H groups in total. The van der Waals surface area contributed by atoms with Gasteiger partial charge in [0.2, 0.25) is 0 Å². The summed E-state index contributed by atoms with van der Waals surface area (Å²) in [6, 6.07) is 4.71. The van der Waals surface area contributed by atoms with E-state index in [1.807, 2.05) is 19.1 Å². The molecule has 1 saturated carbocycles. The predicted octanol–water partition coefficient (Wildman–Crippen LogP) is 2.70. The minimum atomic E-state index is 0.544. The second-order valence-corrected chi connectivity index (χ2v) is 3.76. The molecule has 1 aromatic rings. The molecule has 70 valence electrons. The van der Waals surface area contributed by atoms with Gasteiger partial charge in [-0.25, -0.2) is 4.98 Å². The molecule has 1 aromatic heterocycles. The molecular formula is C10H13ClN2. The van der Waals surface area contributed by atoms with Crippen molar-refractivity contribution in [3.63, 3.8) is 0 Å². The fraction of sp³-hybridized carbons (Fsp3) is 0.500. The third-order valence-corrected chi connectivity index (χ3v) is 2.56. The van der Waals surface area contributed by atoms with Gasteiger partial charge in [0.05, 0.1) is 0 Å². The van der Waals surface area contributed by atoms with Gasteiger partial charge in [0.25, 0.3) is 0 Å². The summed E-state index contributed by atoms with van der Waals surface area (Å²) in [6.45, 7) is 2.00. The first kappa shape index (κ1) is 8.82. The van der Waals surface area contributed by atoms with Crippen LogP contribution in [-0.2, 0) is 5.88 Å². The Bertz CT molecular complexity index is 308. The third-order valence-electron chi connectivity index (χ3n) is 2.27. The molecule has 2 rings (SSSR count). The van der Waals surface area contributed by atoms with Crippen LogP contribution in [-0.4, -0.2) is 11.0 Å². The lowest BCUT2D eigenvalue weighted by Crippen LogP contribution is -2.04. The number of aryl methyl sites for hydroxylation is 1. The van der Waals surface area contributed by atoms with Gasteiger partial charge in [0, 0.05) is 17.6 Å². The van der Waals surface area contributed by atoms with E-state index in [1.54, 1.807) is 0 Å². The summed E-state index contributed by atoms with van der Waals surface area (Å²) in [5.74, 6) is 1.52. The zero-order valence-electron chi connectivity index (χ0n) is 7.68. The molecule has 1 fully saturated rings. The molecule has 13 heavy (non-hydrogen) atoms. The average Bonchev–Trinajstić information content (AvgIpc) is 2.89. The van der Waals surface area contributed by atoms with Crippen LogP contribution in [0.15, 0.2) is 12.1 Å². The Labute approximate surface area is 83.3 Å². The van der Waals surface area contributed by atoms with Crippen LogP contribution in [0.2, 0.25) is 0 Å². The highest BCUT2D eigenvalue weighted by molar-refractivity contribution is 6.17. The van der Waals surface area contributed by atoms with Crippen molar-refractivity contribution in [2.75, 3.05) is 5.32 Å². The highest BCUT2D eigenvalue weighted by Crippen LogP contribution is 2.24. The van der Waals surface area contributed by atoms with E-state index >= 15 is 0 Å². The van der Waals surface area contributed by atoms with E-state index in [2.05, 4.69) is 10.3 Å². The monoisotopic (exact) mass is 196 g/mol. The highest BCUT2D eigenvalue weighted by Gasteiger charge is 2.21. The summed E-state index contributed by atoms with van der Waals surface area (Å²) in [4.78, 5) is 4.43. The Morgan fingerprint density at radius 2 is 2.31 bits per heavy atom. The molecule has 0 unspecified atom stereocenters. The number of nitrogens with one attached hydrogen (secondary N) is 1. The summed E-state index contributed by atoms with van der Waals surface area (Å²) >= 11 is 5.74. The van der Waals surface area contributed by atoms with Crippen LogP contribution in [0.25, 0.3) is 0 Å². The van der Waals surface area contributed by atoms with Crippen LogP contribution < -0.4 is 5.32 Å². The van der Waals surface area contributed by atoms with Gasteiger partial charge in [-0.2, -0.15) is 0 Å². The molecule has 0 saturated heterocycles. The van der Waals surface area contributed by atoms with E-state index < -0.39 is 0 Å². The minimum Gasteiger partial charge on any atom is -0.367 e. The van der Waals surface area contributed by atoms with Crippen LogP contribution >= 0.6 is 11.6 Å². The van der Waals surface area contributed by atoms with Crippen molar-refractivity contribution >= 4 is 17.4 Å². The topological polar surface area (TPSA) is 24.9 Å². The standard InChI is InChI=1S/C10H13ClN2/c1-7-8(6-11)2-5-10(12-7)13-9-3-4-9/h2,5,9H,3-4,6H2,1H3,(H,12,13). The molecule has 2 nitrogen and oxygen atoms in total. The first-order valence-corrected chi connectivity index (χ1v) is 5.12. The van der Waals surface area contributed by atoms with Crippen LogP contribution in [0.4, 0.5) is 5.82 Å². The quantitative estimate of drug-likeness (QED) is 0.752. The van der Waals surface area contributed by atoms with Crippen LogP contribution in [0.3, 0.4) is 0 Å². The van der Waals surface area contributed by atoms with Crippen LogP contribution in [0.5, 0.6) is 0 Å². The molecule has 0 atom stereocenters. The van der Waals surface area contributed by atoms with E-state index in [1.165, 1.54) is 12.8 Å². The fourth-order valence-corrected chi connectivity index (χ4v) is 1.53. The first-order valence-electron chi connectivity index (χ1n) is 4.58. The average molecular weight is 197 g/mol. The molecule has 0 spiro atoms. The van der Waals surface area contributed by atoms with Crippen molar-refractivity contribution in [3.8, 4) is 0 Å². The molecule has 0 aliphatic heterocycles. The Kier molecular flexibility index (Phi) is 2.40. The lowest BCUT2D eigenvalue weighted by molar-refractivity contribution is 1.07. The summed E-state index contributed by atoms with van der Waals surface area (Å²) < 4.78 is 0. The zero-order valence-corrected chi connectivity index (χ0v) is 8.43. The lowest BCUT2D eigenvalue weighted by atomic mass is 10.2. The van der Waals surface area contributed by atoms with Gasteiger partial charge in [-0.3, -0.25) is 0 Å². The molecular weight excluding hydrogens is 184 g/mol. The number of pyridine rings is 1. The smallest absolute Gasteiger partial charge is 0.126 e. The predicted molar refractivity (Wildman–Crippen MR) is 55.2 cm³/mol. The van der Waals surface area contributed by atoms with Crippen molar-refractivity contribution in [1.82, 2.24) is 4.98 Å². The first-order chi connectivity index (χ1) is 6.29. The summed E-state index contributed by atoms with van der Waals surface area (Å²) in [5, 5.41) is 3.35. The van der Waals surface area contributed by atoms with E-state index in [0.717, 1.165) is 17.1 Å². The summed E-state index contributed by atoms with van der Waals surface area (Å²) in [6.07, 6.45) is 2.55. The lowest BCUT2D eigenvalue weighted by Gasteiger charge is -2.06.